The lowest BCUT2D eigenvalue weighted by Crippen LogP contribution is -2.13. The topological polar surface area (TPSA) is 81.4 Å². The lowest BCUT2D eigenvalue weighted by atomic mass is 10.2. The molecule has 0 fully saturated rings. The lowest BCUT2D eigenvalue weighted by molar-refractivity contribution is 0.416. The Morgan fingerprint density at radius 2 is 1.90 bits per heavy atom. The highest BCUT2D eigenvalue weighted by Crippen LogP contribution is 2.26. The molecule has 0 aliphatic carbocycles. The van der Waals surface area contributed by atoms with Gasteiger partial charge in [-0.3, -0.25) is 4.72 Å². The summed E-state index contributed by atoms with van der Waals surface area (Å²) in [5, 5.41) is 0. The van der Waals surface area contributed by atoms with Crippen molar-refractivity contribution in [2.45, 2.75) is 11.8 Å². The maximum Gasteiger partial charge on any atom is 0.261 e. The molecule has 112 valence electrons. The van der Waals surface area contributed by atoms with Crippen LogP contribution in [0.1, 0.15) is 5.56 Å². The molecule has 0 aliphatic heterocycles. The van der Waals surface area contributed by atoms with E-state index in [-0.39, 0.29) is 16.3 Å². The van der Waals surface area contributed by atoms with E-state index in [0.717, 1.165) is 6.07 Å². The number of aryl methyl sites for hydroxylation is 1. The van der Waals surface area contributed by atoms with Gasteiger partial charge in [0.25, 0.3) is 10.0 Å². The van der Waals surface area contributed by atoms with Crippen LogP contribution in [-0.4, -0.2) is 15.5 Å². The fourth-order valence-corrected chi connectivity index (χ4v) is 2.96. The molecule has 2 aromatic carbocycles. The predicted molar refractivity (Wildman–Crippen MR) is 79.4 cm³/mol. The van der Waals surface area contributed by atoms with Crippen LogP contribution < -0.4 is 15.2 Å². The van der Waals surface area contributed by atoms with Gasteiger partial charge in [0.15, 0.2) is 0 Å². The molecule has 2 aromatic rings. The summed E-state index contributed by atoms with van der Waals surface area (Å²) in [6.45, 7) is 1.67. The van der Waals surface area contributed by atoms with Crippen LogP contribution in [0.15, 0.2) is 41.3 Å². The van der Waals surface area contributed by atoms with Crippen LogP contribution in [-0.2, 0) is 10.0 Å². The van der Waals surface area contributed by atoms with Crippen molar-refractivity contribution in [1.29, 1.82) is 0 Å². The van der Waals surface area contributed by atoms with Crippen molar-refractivity contribution in [3.05, 3.63) is 47.8 Å². The van der Waals surface area contributed by atoms with Crippen LogP contribution in [0, 0.1) is 12.7 Å². The molecule has 0 aliphatic rings. The summed E-state index contributed by atoms with van der Waals surface area (Å²) in [4.78, 5) is -0.0253. The van der Waals surface area contributed by atoms with E-state index in [1.54, 1.807) is 6.92 Å². The number of hydrogen-bond acceptors (Lipinski definition) is 4. The largest absolute Gasteiger partial charge is 0.495 e. The van der Waals surface area contributed by atoms with Crippen molar-refractivity contribution in [2.24, 2.45) is 0 Å². The van der Waals surface area contributed by atoms with Crippen molar-refractivity contribution >= 4 is 21.4 Å². The fourth-order valence-electron chi connectivity index (χ4n) is 1.89. The van der Waals surface area contributed by atoms with E-state index in [1.165, 1.54) is 37.4 Å². The number of ether oxygens (including phenoxy) is 1. The molecule has 2 rings (SSSR count). The Hall–Kier alpha value is -2.28. The van der Waals surface area contributed by atoms with Crippen LogP contribution >= 0.6 is 0 Å². The Bertz CT molecular complexity index is 756. The van der Waals surface area contributed by atoms with Crippen molar-refractivity contribution in [2.75, 3.05) is 17.6 Å². The van der Waals surface area contributed by atoms with Gasteiger partial charge in [-0.2, -0.15) is 0 Å². The molecule has 0 unspecified atom stereocenters. The van der Waals surface area contributed by atoms with Crippen molar-refractivity contribution < 1.29 is 17.5 Å². The van der Waals surface area contributed by atoms with E-state index in [1.807, 2.05) is 0 Å². The standard InChI is InChI=1S/C14H15FN2O3S/c1-9-5-10(15)7-11(6-9)17-21(18,19)12-3-4-14(20-2)13(16)8-12/h3-8,17H,16H2,1-2H3. The molecule has 0 bridgehead atoms. The zero-order valence-corrected chi connectivity index (χ0v) is 12.4. The van der Waals surface area contributed by atoms with E-state index in [9.17, 15) is 12.8 Å². The third-order valence-electron chi connectivity index (χ3n) is 2.81. The van der Waals surface area contributed by atoms with Crippen LogP contribution in [0.4, 0.5) is 15.8 Å². The molecular weight excluding hydrogens is 295 g/mol. The van der Waals surface area contributed by atoms with Gasteiger partial charge in [0.2, 0.25) is 0 Å². The molecular formula is C14H15FN2O3S. The third-order valence-corrected chi connectivity index (χ3v) is 4.18. The van der Waals surface area contributed by atoms with Gasteiger partial charge >= 0.3 is 0 Å². The summed E-state index contributed by atoms with van der Waals surface area (Å²) in [6, 6.07) is 8.06. The second-order valence-corrected chi connectivity index (χ2v) is 6.21. The van der Waals surface area contributed by atoms with Gasteiger partial charge in [-0.05, 0) is 48.9 Å². The Kier molecular flexibility index (Phi) is 4.04. The number of benzene rings is 2. The zero-order valence-electron chi connectivity index (χ0n) is 11.6. The van der Waals surface area contributed by atoms with E-state index >= 15 is 0 Å². The number of nitrogens with two attached hydrogens (primary N) is 1. The number of nitrogen functional groups attached to an aromatic ring is 1. The monoisotopic (exact) mass is 310 g/mol. The molecule has 0 amide bonds. The highest BCUT2D eigenvalue weighted by atomic mass is 32.2. The van der Waals surface area contributed by atoms with Crippen molar-refractivity contribution in [1.82, 2.24) is 0 Å². The predicted octanol–water partition coefficient (Wildman–Crippen LogP) is 2.53. The summed E-state index contributed by atoms with van der Waals surface area (Å²) >= 11 is 0. The summed E-state index contributed by atoms with van der Waals surface area (Å²) in [6.07, 6.45) is 0. The second kappa shape index (κ2) is 5.61. The van der Waals surface area contributed by atoms with Gasteiger partial charge in [0.1, 0.15) is 11.6 Å². The van der Waals surface area contributed by atoms with Crippen LogP contribution in [0.2, 0.25) is 0 Å². The summed E-state index contributed by atoms with van der Waals surface area (Å²) in [7, 11) is -2.41. The zero-order chi connectivity index (χ0) is 15.6. The summed E-state index contributed by atoms with van der Waals surface area (Å²) in [5.41, 5.74) is 6.66. The molecule has 0 radical (unpaired) electrons. The van der Waals surface area contributed by atoms with Crippen LogP contribution in [0.3, 0.4) is 0 Å². The smallest absolute Gasteiger partial charge is 0.261 e. The summed E-state index contributed by atoms with van der Waals surface area (Å²) < 4.78 is 45.1. The first kappa shape index (κ1) is 15.1. The molecule has 0 aromatic heterocycles. The maximum absolute atomic E-state index is 13.3. The van der Waals surface area contributed by atoms with Crippen LogP contribution in [0.5, 0.6) is 5.75 Å². The lowest BCUT2D eigenvalue weighted by Gasteiger charge is -2.11. The van der Waals surface area contributed by atoms with E-state index < -0.39 is 15.8 Å². The fraction of sp³-hybridized carbons (Fsp3) is 0.143. The average molecular weight is 310 g/mol. The summed E-state index contributed by atoms with van der Waals surface area (Å²) in [5.74, 6) is -0.127. The molecule has 5 nitrogen and oxygen atoms in total. The maximum atomic E-state index is 13.3. The molecule has 0 heterocycles. The van der Waals surface area contributed by atoms with Crippen LogP contribution in [0.25, 0.3) is 0 Å². The number of hydrogen-bond donors (Lipinski definition) is 2. The normalized spacial score (nSPS) is 11.2. The van der Waals surface area contributed by atoms with Gasteiger partial charge in [-0.1, -0.05) is 0 Å². The van der Waals surface area contributed by atoms with E-state index in [4.69, 9.17) is 10.5 Å². The third kappa shape index (κ3) is 3.43. The molecule has 21 heavy (non-hydrogen) atoms. The quantitative estimate of drug-likeness (QED) is 0.850. The molecule has 3 N–H and O–H groups in total. The van der Waals surface area contributed by atoms with Gasteiger partial charge in [-0.15, -0.1) is 0 Å². The Morgan fingerprint density at radius 3 is 2.48 bits per heavy atom. The van der Waals surface area contributed by atoms with Gasteiger partial charge in [-0.25, -0.2) is 12.8 Å². The minimum Gasteiger partial charge on any atom is -0.495 e. The number of sulfonamides is 1. The minimum atomic E-state index is -3.85. The van der Waals surface area contributed by atoms with E-state index in [2.05, 4.69) is 4.72 Å². The second-order valence-electron chi connectivity index (χ2n) is 4.53. The number of nitrogens with one attached hydrogen (secondary N) is 1. The highest BCUT2D eigenvalue weighted by Gasteiger charge is 2.16. The average Bonchev–Trinajstić information content (AvgIpc) is 2.36. The van der Waals surface area contributed by atoms with Gasteiger partial charge in [0, 0.05) is 0 Å². The SMILES string of the molecule is COc1ccc(S(=O)(=O)Nc2cc(C)cc(F)c2)cc1N. The van der Waals surface area contributed by atoms with Crippen molar-refractivity contribution in [3.8, 4) is 5.75 Å². The first-order valence-corrected chi connectivity index (χ1v) is 7.53. The Balaban J connectivity index is 2.36. The van der Waals surface area contributed by atoms with Crippen molar-refractivity contribution in [3.63, 3.8) is 0 Å². The number of rotatable bonds is 4. The molecule has 0 spiro atoms. The molecule has 0 saturated carbocycles. The minimum absolute atomic E-state index is 0.0253. The number of methoxy groups -OCH3 is 1. The van der Waals surface area contributed by atoms with Gasteiger partial charge < -0.3 is 10.5 Å². The first-order chi connectivity index (χ1) is 9.81. The number of anilines is 2. The highest BCUT2D eigenvalue weighted by molar-refractivity contribution is 7.92. The Morgan fingerprint density at radius 1 is 1.19 bits per heavy atom. The molecule has 7 heteroatoms. The van der Waals surface area contributed by atoms with E-state index in [0.29, 0.717) is 11.3 Å². The molecule has 0 saturated heterocycles. The molecule has 0 atom stereocenters. The first-order valence-electron chi connectivity index (χ1n) is 6.05. The number of halogens is 1. The Labute approximate surface area is 122 Å². The van der Waals surface area contributed by atoms with Gasteiger partial charge in [0.05, 0.1) is 23.4 Å².